The van der Waals surface area contributed by atoms with Gasteiger partial charge in [0.2, 0.25) is 11.6 Å². The van der Waals surface area contributed by atoms with Gasteiger partial charge in [-0.15, -0.1) is 0 Å². The van der Waals surface area contributed by atoms with Gasteiger partial charge in [-0.1, -0.05) is 10.3 Å². The van der Waals surface area contributed by atoms with E-state index >= 15 is 0 Å². The zero-order valence-corrected chi connectivity index (χ0v) is 56.4. The van der Waals surface area contributed by atoms with Gasteiger partial charge < -0.3 is 60.8 Å². The molecule has 2 amide bonds. The third kappa shape index (κ3) is 14.6. The summed E-state index contributed by atoms with van der Waals surface area (Å²) in [5.41, 5.74) is 24.3. The van der Waals surface area contributed by atoms with Crippen LogP contribution < -0.4 is 22.1 Å². The number of aromatic amines is 2. The summed E-state index contributed by atoms with van der Waals surface area (Å²) in [6.07, 6.45) is 8.71. The highest BCUT2D eigenvalue weighted by molar-refractivity contribution is 6.17. The molecule has 25 heteroatoms. The number of aromatic nitrogens is 10. The van der Waals surface area contributed by atoms with Crippen molar-refractivity contribution in [2.45, 2.75) is 119 Å². The SMILES string of the molecule is CC(C)(C)OC(=O)NCCCN1CCC(N)CC1.Cc1cc2c(cc1-c1c(C)noc1C)[nH]c1nc(C(=O)NC3CCN(CCCN)CC3)nc(-c3ccnc4ccc(F)cc34)c12.Cc1cc2c(cc1-c1c(C)noc1C)[nH]c1nc(C(=O)O)nc(-c3ccnc4ccc(F)cc34)c12. The lowest BCUT2D eigenvalue weighted by molar-refractivity contribution is 0.0524. The molecule has 2 aliphatic heterocycles. The Morgan fingerprint density at radius 1 is 0.633 bits per heavy atom. The molecule has 98 heavy (non-hydrogen) atoms. The summed E-state index contributed by atoms with van der Waals surface area (Å²) in [6, 6.07) is 20.8. The van der Waals surface area contributed by atoms with Gasteiger partial charge in [-0.05, 0) is 229 Å². The van der Waals surface area contributed by atoms with Crippen LogP contribution in [0.1, 0.15) is 115 Å². The molecule has 0 spiro atoms. The van der Waals surface area contributed by atoms with Gasteiger partial charge in [-0.25, -0.2) is 38.3 Å². The van der Waals surface area contributed by atoms with Gasteiger partial charge in [-0.2, -0.15) is 0 Å². The van der Waals surface area contributed by atoms with E-state index < -0.39 is 17.4 Å². The van der Waals surface area contributed by atoms with Gasteiger partial charge in [0.15, 0.2) is 0 Å². The number of alkyl carbamates (subject to hydrolysis) is 1. The molecular weight excluding hydrogens is 1250 g/mol. The Kier molecular flexibility index (Phi) is 19.7. The zero-order chi connectivity index (χ0) is 69.3. The Balaban J connectivity index is 0.000000153. The number of H-pyrrole nitrogens is 2. The van der Waals surface area contributed by atoms with Crippen LogP contribution in [0, 0.1) is 53.2 Å². The average Bonchev–Trinajstić information content (AvgIpc) is 1.54. The lowest BCUT2D eigenvalue weighted by atomic mass is 9.96. The van der Waals surface area contributed by atoms with Crippen LogP contribution in [0.15, 0.2) is 94.2 Å². The fraction of sp³-hybridized carbons (Fsp3) is 0.356. The largest absolute Gasteiger partial charge is 0.475 e. The number of carboxylic acids is 1. The molecule has 2 aliphatic rings. The quantitative estimate of drug-likeness (QED) is 0.0497. The minimum Gasteiger partial charge on any atom is -0.475 e. The topological polar surface area (TPSA) is 324 Å². The summed E-state index contributed by atoms with van der Waals surface area (Å²) in [4.78, 5) is 75.5. The summed E-state index contributed by atoms with van der Waals surface area (Å²) in [6.45, 7) is 24.5. The molecule has 14 rings (SSSR count). The molecule has 508 valence electrons. The van der Waals surface area contributed by atoms with Crippen molar-refractivity contribution in [3.05, 3.63) is 143 Å². The normalized spacial score (nSPS) is 14.3. The lowest BCUT2D eigenvalue weighted by Crippen LogP contribution is -2.45. The van der Waals surface area contributed by atoms with E-state index in [4.69, 9.17) is 35.2 Å². The van der Waals surface area contributed by atoms with E-state index in [-0.39, 0.29) is 35.5 Å². The molecule has 0 bridgehead atoms. The van der Waals surface area contributed by atoms with Gasteiger partial charge >= 0.3 is 12.1 Å². The van der Waals surface area contributed by atoms with Gasteiger partial charge in [-0.3, -0.25) is 14.8 Å². The van der Waals surface area contributed by atoms with Gasteiger partial charge in [0, 0.05) is 98.9 Å². The molecule has 4 aromatic carbocycles. The number of hydrogen-bond acceptors (Lipinski definition) is 18. The molecule has 0 unspecified atom stereocenters. The maximum Gasteiger partial charge on any atom is 0.407 e. The maximum atomic E-state index is 14.5. The summed E-state index contributed by atoms with van der Waals surface area (Å²) >= 11 is 0. The number of nitrogens with one attached hydrogen (secondary N) is 4. The van der Waals surface area contributed by atoms with Crippen LogP contribution in [0.5, 0.6) is 0 Å². The Morgan fingerprint density at radius 3 is 1.58 bits per heavy atom. The number of pyridine rings is 2. The number of hydrogen-bond donors (Lipinski definition) is 7. The molecule has 12 aromatic rings. The van der Waals surface area contributed by atoms with E-state index in [2.05, 4.69) is 72.8 Å². The minimum atomic E-state index is -1.26. The molecule has 2 saturated heterocycles. The van der Waals surface area contributed by atoms with E-state index in [1.54, 1.807) is 30.6 Å². The third-order valence-electron chi connectivity index (χ3n) is 18.1. The van der Waals surface area contributed by atoms with Crippen molar-refractivity contribution in [3.8, 4) is 44.8 Å². The van der Waals surface area contributed by atoms with E-state index in [0.29, 0.717) is 85.9 Å². The minimum absolute atomic E-state index is 0.0215. The molecule has 0 atom stereocenters. The number of carbonyl (C=O) groups is 3. The highest BCUT2D eigenvalue weighted by Crippen LogP contribution is 2.42. The first-order valence-corrected chi connectivity index (χ1v) is 33.0. The number of benzene rings is 4. The Bertz CT molecular complexity index is 4960. The summed E-state index contributed by atoms with van der Waals surface area (Å²) < 4.78 is 44.7. The standard InChI is InChI=1S/C34H35FN8O2.C26H18FN5O3.C13H27N3O2/c1-18-15-26-28(17-24(18)29-19(2)42-45-20(29)3)39-32-30(26)31(23-7-11-37-27-6-5-21(35)16-25(23)27)40-33(41-32)34(44)38-22-8-13-43(14-9-22)12-4-10-36;1-11-8-18-20(10-16(11)21-12(2)32-35-13(21)3)29-24-22(18)23(30-25(31-24)26(33)34)15-6-7-28-19-5-4-14(27)9-17(15)19;1-13(2,3)18-12(17)15-7-4-8-16-9-5-11(14)6-10-16/h5-7,11,15-17,22H,4,8-10,12-14,36H2,1-3H3,(H,38,44)(H,39,40,41);4-10H,1-3H3,(H,33,34)(H,29,30,31);11H,4-10,14H2,1-3H3,(H,15,17). The predicted molar refractivity (Wildman–Crippen MR) is 374 cm³/mol. The molecule has 0 aliphatic carbocycles. The maximum absolute atomic E-state index is 14.5. The average molecular weight is 1330 g/mol. The van der Waals surface area contributed by atoms with Crippen LogP contribution >= 0.6 is 0 Å². The Morgan fingerprint density at radius 2 is 1.11 bits per heavy atom. The third-order valence-corrected chi connectivity index (χ3v) is 18.1. The number of nitrogens with two attached hydrogens (primary N) is 2. The number of aryl methyl sites for hydroxylation is 6. The molecule has 10 heterocycles. The number of carbonyl (C=O) groups excluding carboxylic acids is 2. The molecule has 23 nitrogen and oxygen atoms in total. The summed E-state index contributed by atoms with van der Waals surface area (Å²) in [5, 5.41) is 28.1. The van der Waals surface area contributed by atoms with Gasteiger partial charge in [0.25, 0.3) is 5.91 Å². The Hall–Kier alpha value is -10.2. The zero-order valence-electron chi connectivity index (χ0n) is 56.4. The molecule has 0 saturated carbocycles. The second-order valence-corrected chi connectivity index (χ2v) is 26.4. The fourth-order valence-electron chi connectivity index (χ4n) is 13.3. The number of aromatic carboxylic acids is 1. The first kappa shape index (κ1) is 67.8. The Labute approximate surface area is 563 Å². The van der Waals surface area contributed by atoms with Crippen LogP contribution in [0.4, 0.5) is 13.6 Å². The van der Waals surface area contributed by atoms with Crippen LogP contribution in [0.3, 0.4) is 0 Å². The lowest BCUT2D eigenvalue weighted by Gasteiger charge is -2.32. The van der Waals surface area contributed by atoms with Crippen LogP contribution in [0.2, 0.25) is 0 Å². The van der Waals surface area contributed by atoms with Crippen LogP contribution in [0.25, 0.3) is 110 Å². The molecule has 2 fully saturated rings. The van der Waals surface area contributed by atoms with E-state index in [9.17, 15) is 28.3 Å². The number of rotatable bonds is 14. The molecular formula is C73H80F2N16O7. The van der Waals surface area contributed by atoms with Crippen LogP contribution in [-0.2, 0) is 4.74 Å². The number of fused-ring (bicyclic) bond motifs is 8. The van der Waals surface area contributed by atoms with E-state index in [0.717, 1.165) is 156 Å². The number of likely N-dealkylation sites (tertiary alicyclic amines) is 2. The van der Waals surface area contributed by atoms with E-state index in [1.807, 2.05) is 80.5 Å². The highest BCUT2D eigenvalue weighted by Gasteiger charge is 2.28. The number of amides is 2. The smallest absolute Gasteiger partial charge is 0.407 e. The van der Waals surface area contributed by atoms with Gasteiger partial charge in [0.05, 0.1) is 44.6 Å². The number of halogens is 2. The summed E-state index contributed by atoms with van der Waals surface area (Å²) in [7, 11) is 0. The van der Waals surface area contributed by atoms with Crippen molar-refractivity contribution in [1.82, 2.24) is 70.6 Å². The fourth-order valence-corrected chi connectivity index (χ4v) is 13.3. The first-order chi connectivity index (χ1) is 47.0. The molecule has 9 N–H and O–H groups in total. The number of nitrogens with zero attached hydrogens (tertiary/aromatic N) is 10. The number of piperidine rings is 2. The second kappa shape index (κ2) is 28.5. The summed E-state index contributed by atoms with van der Waals surface area (Å²) in [5.74, 6) is -1.26. The predicted octanol–water partition coefficient (Wildman–Crippen LogP) is 12.7. The number of carboxylic acid groups (broad SMARTS) is 1. The first-order valence-electron chi connectivity index (χ1n) is 33.0. The van der Waals surface area contributed by atoms with Crippen molar-refractivity contribution in [2.24, 2.45) is 11.5 Å². The van der Waals surface area contributed by atoms with Crippen molar-refractivity contribution in [2.75, 3.05) is 52.4 Å². The van der Waals surface area contributed by atoms with Crippen molar-refractivity contribution >= 4 is 83.6 Å². The second-order valence-electron chi connectivity index (χ2n) is 26.4. The molecule has 8 aromatic heterocycles. The number of ether oxygens (including phenoxy) is 1. The van der Waals surface area contributed by atoms with Gasteiger partial charge in [0.1, 0.15) is 40.1 Å². The monoisotopic (exact) mass is 1330 g/mol. The van der Waals surface area contributed by atoms with Crippen LogP contribution in [-0.4, -0.2) is 153 Å². The van der Waals surface area contributed by atoms with E-state index in [1.165, 1.54) is 24.3 Å². The molecule has 0 radical (unpaired) electrons. The van der Waals surface area contributed by atoms with Crippen molar-refractivity contribution in [1.29, 1.82) is 0 Å². The van der Waals surface area contributed by atoms with Crippen molar-refractivity contribution in [3.63, 3.8) is 0 Å². The highest BCUT2D eigenvalue weighted by atomic mass is 19.1. The van der Waals surface area contributed by atoms with Crippen molar-refractivity contribution < 1.29 is 42.1 Å².